The normalized spacial score (nSPS) is 11.3. The Balaban J connectivity index is 1.66. The van der Waals surface area contributed by atoms with E-state index >= 15 is 0 Å². The fraction of sp³-hybridized carbons (Fsp3) is 0.222. The van der Waals surface area contributed by atoms with Crippen molar-refractivity contribution >= 4 is 28.4 Å². The van der Waals surface area contributed by atoms with Crippen molar-refractivity contribution in [1.29, 1.82) is 0 Å². The van der Waals surface area contributed by atoms with Gasteiger partial charge in [-0.1, -0.05) is 66.4 Å². The number of aryl methyl sites for hydroxylation is 1. The molecule has 4 rings (SSSR count). The summed E-state index contributed by atoms with van der Waals surface area (Å²) in [7, 11) is 5.76. The van der Waals surface area contributed by atoms with Gasteiger partial charge in [0.1, 0.15) is 0 Å². The van der Waals surface area contributed by atoms with Crippen molar-refractivity contribution < 1.29 is 4.79 Å². The highest BCUT2D eigenvalue weighted by Gasteiger charge is 2.18. The summed E-state index contributed by atoms with van der Waals surface area (Å²) < 4.78 is 1.58. The number of aromatic nitrogens is 2. The molecule has 0 saturated heterocycles. The SMILES string of the molecule is Cc1c(C(=O)c2ccc(CN(C)C)cc2)ccc2nc(SCc3ccccc3)n(C)c(=O)c12. The molecule has 6 heteroatoms. The van der Waals surface area contributed by atoms with E-state index in [1.165, 1.54) is 17.3 Å². The lowest BCUT2D eigenvalue weighted by atomic mass is 9.96. The number of carbonyl (C=O) groups excluding carboxylic acids is 1. The fourth-order valence-corrected chi connectivity index (χ4v) is 4.80. The molecule has 168 valence electrons. The zero-order valence-corrected chi connectivity index (χ0v) is 20.1. The standard InChI is InChI=1S/C27H27N3O2S/c1-18-22(25(31)21-12-10-19(11-13-21)16-29(2)3)14-15-23-24(18)26(32)30(4)27(28-23)33-17-20-8-6-5-7-9-20/h5-15H,16-17H2,1-4H3. The Labute approximate surface area is 198 Å². The summed E-state index contributed by atoms with van der Waals surface area (Å²) in [5.41, 5.74) is 4.61. The molecule has 0 radical (unpaired) electrons. The van der Waals surface area contributed by atoms with Crippen LogP contribution < -0.4 is 5.56 Å². The van der Waals surface area contributed by atoms with Gasteiger partial charge in [0.15, 0.2) is 10.9 Å². The van der Waals surface area contributed by atoms with E-state index in [0.29, 0.717) is 32.7 Å². The minimum atomic E-state index is -0.135. The van der Waals surface area contributed by atoms with Gasteiger partial charge in [0, 0.05) is 30.5 Å². The van der Waals surface area contributed by atoms with Gasteiger partial charge in [-0.15, -0.1) is 0 Å². The van der Waals surface area contributed by atoms with E-state index in [1.807, 2.05) is 63.5 Å². The fourth-order valence-electron chi connectivity index (χ4n) is 3.87. The zero-order chi connectivity index (χ0) is 23.5. The average molecular weight is 458 g/mol. The molecule has 0 bridgehead atoms. The summed E-state index contributed by atoms with van der Waals surface area (Å²) >= 11 is 1.53. The molecule has 0 aliphatic heterocycles. The van der Waals surface area contributed by atoms with Crippen LogP contribution in [0.4, 0.5) is 0 Å². The average Bonchev–Trinajstić information content (AvgIpc) is 2.81. The van der Waals surface area contributed by atoms with Crippen LogP contribution in [0.5, 0.6) is 0 Å². The highest BCUT2D eigenvalue weighted by molar-refractivity contribution is 7.98. The Kier molecular flexibility index (Phi) is 6.77. The lowest BCUT2D eigenvalue weighted by Gasteiger charge is -2.13. The molecule has 0 N–H and O–H groups in total. The van der Waals surface area contributed by atoms with E-state index in [1.54, 1.807) is 23.7 Å². The van der Waals surface area contributed by atoms with Gasteiger partial charge in [-0.2, -0.15) is 0 Å². The number of carbonyl (C=O) groups is 1. The van der Waals surface area contributed by atoms with Gasteiger partial charge in [0.25, 0.3) is 5.56 Å². The van der Waals surface area contributed by atoms with Crippen LogP contribution in [0, 0.1) is 6.92 Å². The Bertz CT molecular complexity index is 1360. The topological polar surface area (TPSA) is 55.2 Å². The molecule has 0 atom stereocenters. The van der Waals surface area contributed by atoms with Gasteiger partial charge < -0.3 is 4.90 Å². The number of fused-ring (bicyclic) bond motifs is 1. The Morgan fingerprint density at radius 2 is 1.67 bits per heavy atom. The first-order chi connectivity index (χ1) is 15.8. The predicted octanol–water partition coefficient (Wildman–Crippen LogP) is 4.83. The summed E-state index contributed by atoms with van der Waals surface area (Å²) in [4.78, 5) is 33.3. The maximum absolute atomic E-state index is 13.2. The molecule has 0 spiro atoms. The van der Waals surface area contributed by atoms with E-state index in [4.69, 9.17) is 4.98 Å². The van der Waals surface area contributed by atoms with E-state index in [0.717, 1.165) is 17.9 Å². The highest BCUT2D eigenvalue weighted by atomic mass is 32.2. The number of ketones is 1. The van der Waals surface area contributed by atoms with Crippen LogP contribution in [0.15, 0.2) is 76.7 Å². The zero-order valence-electron chi connectivity index (χ0n) is 19.3. The second-order valence-electron chi connectivity index (χ2n) is 8.43. The van der Waals surface area contributed by atoms with Crippen molar-refractivity contribution in [2.45, 2.75) is 24.4 Å². The van der Waals surface area contributed by atoms with Gasteiger partial charge in [-0.3, -0.25) is 14.2 Å². The lowest BCUT2D eigenvalue weighted by molar-refractivity contribution is 0.103. The minimum Gasteiger partial charge on any atom is -0.305 e. The van der Waals surface area contributed by atoms with Gasteiger partial charge in [-0.05, 0) is 49.8 Å². The van der Waals surface area contributed by atoms with E-state index < -0.39 is 0 Å². The third-order valence-corrected chi connectivity index (χ3v) is 6.74. The number of hydrogen-bond donors (Lipinski definition) is 0. The van der Waals surface area contributed by atoms with Crippen LogP contribution in [-0.4, -0.2) is 34.3 Å². The van der Waals surface area contributed by atoms with Crippen LogP contribution in [0.2, 0.25) is 0 Å². The molecule has 0 saturated carbocycles. The molecule has 1 heterocycles. The van der Waals surface area contributed by atoms with Gasteiger partial charge in [0.05, 0.1) is 10.9 Å². The lowest BCUT2D eigenvalue weighted by Crippen LogP contribution is -2.21. The Morgan fingerprint density at radius 1 is 0.970 bits per heavy atom. The largest absolute Gasteiger partial charge is 0.305 e. The molecule has 3 aromatic carbocycles. The summed E-state index contributed by atoms with van der Waals surface area (Å²) in [5.74, 6) is 0.641. The molecule has 0 aliphatic carbocycles. The van der Waals surface area contributed by atoms with Gasteiger partial charge in [0.2, 0.25) is 0 Å². The first-order valence-corrected chi connectivity index (χ1v) is 11.8. The van der Waals surface area contributed by atoms with E-state index in [2.05, 4.69) is 17.0 Å². The number of thioether (sulfide) groups is 1. The number of hydrogen-bond acceptors (Lipinski definition) is 5. The quantitative estimate of drug-likeness (QED) is 0.226. The molecular formula is C27H27N3O2S. The molecule has 0 amide bonds. The number of benzene rings is 3. The highest BCUT2D eigenvalue weighted by Crippen LogP contribution is 2.25. The van der Waals surface area contributed by atoms with Crippen molar-refractivity contribution in [2.24, 2.45) is 7.05 Å². The van der Waals surface area contributed by atoms with E-state index in [9.17, 15) is 9.59 Å². The van der Waals surface area contributed by atoms with Crippen LogP contribution >= 0.6 is 11.8 Å². The summed E-state index contributed by atoms with van der Waals surface area (Å²) in [6, 6.07) is 21.3. The van der Waals surface area contributed by atoms with Crippen LogP contribution in [0.1, 0.15) is 32.6 Å². The second kappa shape index (κ2) is 9.73. The predicted molar refractivity (Wildman–Crippen MR) is 135 cm³/mol. The van der Waals surface area contributed by atoms with Gasteiger partial charge in [-0.25, -0.2) is 4.98 Å². The van der Waals surface area contributed by atoms with Crippen molar-refractivity contribution in [1.82, 2.24) is 14.5 Å². The van der Waals surface area contributed by atoms with Crippen molar-refractivity contribution in [2.75, 3.05) is 14.1 Å². The monoisotopic (exact) mass is 457 g/mol. The third kappa shape index (κ3) is 4.92. The molecule has 5 nitrogen and oxygen atoms in total. The van der Waals surface area contributed by atoms with Crippen LogP contribution in [-0.2, 0) is 19.3 Å². The molecule has 1 aromatic heterocycles. The Morgan fingerprint density at radius 3 is 2.33 bits per heavy atom. The molecule has 0 fully saturated rings. The first kappa shape index (κ1) is 23.0. The summed E-state index contributed by atoms with van der Waals surface area (Å²) in [6.07, 6.45) is 0. The van der Waals surface area contributed by atoms with Crippen molar-refractivity contribution in [3.05, 3.63) is 105 Å². The maximum atomic E-state index is 13.2. The number of rotatable bonds is 7. The molecule has 4 aromatic rings. The maximum Gasteiger partial charge on any atom is 0.262 e. The van der Waals surface area contributed by atoms with E-state index in [-0.39, 0.29) is 11.3 Å². The summed E-state index contributed by atoms with van der Waals surface area (Å²) in [6.45, 7) is 2.64. The van der Waals surface area contributed by atoms with Gasteiger partial charge >= 0.3 is 0 Å². The molecular weight excluding hydrogens is 430 g/mol. The second-order valence-corrected chi connectivity index (χ2v) is 9.37. The molecule has 33 heavy (non-hydrogen) atoms. The molecule has 0 aliphatic rings. The first-order valence-electron chi connectivity index (χ1n) is 10.8. The minimum absolute atomic E-state index is 0.0876. The third-order valence-electron chi connectivity index (χ3n) is 5.63. The molecule has 0 unspecified atom stereocenters. The summed E-state index contributed by atoms with van der Waals surface area (Å²) in [5, 5.41) is 1.16. The van der Waals surface area contributed by atoms with Crippen molar-refractivity contribution in [3.8, 4) is 0 Å². The Hall–Kier alpha value is -3.22. The smallest absolute Gasteiger partial charge is 0.262 e. The van der Waals surface area contributed by atoms with Crippen LogP contribution in [0.25, 0.3) is 10.9 Å². The number of nitrogens with zero attached hydrogens (tertiary/aromatic N) is 3. The van der Waals surface area contributed by atoms with Crippen LogP contribution in [0.3, 0.4) is 0 Å². The van der Waals surface area contributed by atoms with Crippen molar-refractivity contribution in [3.63, 3.8) is 0 Å².